The van der Waals surface area contributed by atoms with Crippen LogP contribution < -0.4 is 0 Å². The standard InChI is InChI=1S/2C9H13.W/c2*1-2-3-6-9-7-4-5-8-9;/h2*4,7H,2-3,5-6H2,1H3;/q2*-1;+2. The monoisotopic (exact) mass is 426 g/mol. The van der Waals surface area contributed by atoms with Gasteiger partial charge in [-0.3, -0.25) is 12.2 Å². The normalized spacial score (nSPS) is 15.5. The number of unbranched alkanes of at least 4 members (excludes halogenated alkanes) is 2. The van der Waals surface area contributed by atoms with E-state index < -0.39 is 0 Å². The minimum atomic E-state index is 0. The predicted molar refractivity (Wildman–Crippen MR) is 80.1 cm³/mol. The second kappa shape index (κ2) is 12.7. The molecule has 2 rings (SSSR count). The molecule has 2 aliphatic rings. The summed E-state index contributed by atoms with van der Waals surface area (Å²) in [7, 11) is 0. The summed E-state index contributed by atoms with van der Waals surface area (Å²) in [6.07, 6.45) is 25.1. The van der Waals surface area contributed by atoms with E-state index in [2.05, 4.69) is 50.3 Å². The van der Waals surface area contributed by atoms with Gasteiger partial charge in [0.05, 0.1) is 0 Å². The third-order valence-corrected chi connectivity index (χ3v) is 3.13. The zero-order valence-corrected chi connectivity index (χ0v) is 15.3. The zero-order chi connectivity index (χ0) is 13.1. The Bertz CT molecular complexity index is 298. The number of allylic oxidation sites excluding steroid dienone is 8. The van der Waals surface area contributed by atoms with E-state index in [4.69, 9.17) is 0 Å². The van der Waals surface area contributed by atoms with Crippen molar-refractivity contribution in [2.45, 2.75) is 65.2 Å². The van der Waals surface area contributed by atoms with Crippen molar-refractivity contribution in [2.24, 2.45) is 0 Å². The minimum absolute atomic E-state index is 0. The second-order valence-corrected chi connectivity index (χ2v) is 4.82. The van der Waals surface area contributed by atoms with Crippen LogP contribution in [-0.4, -0.2) is 0 Å². The SMILES string of the molecule is CCCCC1=[C-]CC=C1.CCCCC1=[C-]CC=C1.[W+2]. The van der Waals surface area contributed by atoms with Crippen molar-refractivity contribution < 1.29 is 21.1 Å². The van der Waals surface area contributed by atoms with Crippen molar-refractivity contribution >= 4 is 0 Å². The molecule has 0 unspecified atom stereocenters. The zero-order valence-electron chi connectivity index (χ0n) is 12.4. The van der Waals surface area contributed by atoms with Crippen molar-refractivity contribution in [3.8, 4) is 0 Å². The summed E-state index contributed by atoms with van der Waals surface area (Å²) in [5.74, 6) is 0. The average molecular weight is 426 g/mol. The molecule has 19 heavy (non-hydrogen) atoms. The predicted octanol–water partition coefficient (Wildman–Crippen LogP) is 5.73. The maximum absolute atomic E-state index is 3.30. The van der Waals surface area contributed by atoms with Gasteiger partial charge in [-0.25, -0.2) is 23.3 Å². The minimum Gasteiger partial charge on any atom is -0.269 e. The summed E-state index contributed by atoms with van der Waals surface area (Å²) >= 11 is 0. The first-order valence-electron chi connectivity index (χ1n) is 7.39. The molecule has 0 radical (unpaired) electrons. The summed E-state index contributed by atoms with van der Waals surface area (Å²) in [4.78, 5) is 0. The van der Waals surface area contributed by atoms with E-state index in [1.165, 1.54) is 49.7 Å². The van der Waals surface area contributed by atoms with Gasteiger partial charge in [-0.05, 0) is 0 Å². The van der Waals surface area contributed by atoms with E-state index in [0.717, 1.165) is 12.8 Å². The Morgan fingerprint density at radius 2 is 1.26 bits per heavy atom. The van der Waals surface area contributed by atoms with Crippen LogP contribution in [0.3, 0.4) is 0 Å². The Kier molecular flexibility index (Phi) is 12.4. The Balaban J connectivity index is 0.000000324. The molecule has 0 saturated heterocycles. The summed E-state index contributed by atoms with van der Waals surface area (Å²) in [5, 5.41) is 0. The molecule has 0 aliphatic heterocycles. The largest absolute Gasteiger partial charge is 2.00 e. The number of rotatable bonds is 6. The van der Waals surface area contributed by atoms with Gasteiger partial charge < -0.3 is 0 Å². The van der Waals surface area contributed by atoms with Crippen LogP contribution in [0.4, 0.5) is 0 Å². The molecule has 0 spiro atoms. The molecule has 0 saturated carbocycles. The Labute approximate surface area is 134 Å². The van der Waals surface area contributed by atoms with Gasteiger partial charge >= 0.3 is 21.1 Å². The number of hydrogen-bond donors (Lipinski definition) is 0. The molecule has 0 nitrogen and oxygen atoms in total. The molecule has 2 aliphatic carbocycles. The molecule has 0 aromatic heterocycles. The first kappa shape index (κ1) is 18.6. The van der Waals surface area contributed by atoms with Gasteiger partial charge in [-0.1, -0.05) is 52.4 Å². The van der Waals surface area contributed by atoms with Gasteiger partial charge in [0, 0.05) is 0 Å². The third-order valence-electron chi connectivity index (χ3n) is 3.13. The molecule has 0 fully saturated rings. The van der Waals surface area contributed by atoms with Crippen LogP contribution in [0.1, 0.15) is 65.2 Å². The summed E-state index contributed by atoms with van der Waals surface area (Å²) in [6.45, 7) is 4.44. The van der Waals surface area contributed by atoms with Crippen molar-refractivity contribution in [3.63, 3.8) is 0 Å². The van der Waals surface area contributed by atoms with Gasteiger partial charge in [-0.2, -0.15) is 12.2 Å². The van der Waals surface area contributed by atoms with Gasteiger partial charge in [0.1, 0.15) is 0 Å². The van der Waals surface area contributed by atoms with Crippen molar-refractivity contribution in [3.05, 3.63) is 47.6 Å². The molecule has 0 heterocycles. The van der Waals surface area contributed by atoms with Crippen LogP contribution in [-0.2, 0) is 21.1 Å². The number of hydrogen-bond acceptors (Lipinski definition) is 0. The van der Waals surface area contributed by atoms with E-state index in [0.29, 0.717) is 0 Å². The molecular formula is C18H26W. The van der Waals surface area contributed by atoms with Gasteiger partial charge in [-0.15, -0.1) is 12.8 Å². The fourth-order valence-corrected chi connectivity index (χ4v) is 1.98. The molecule has 0 bridgehead atoms. The molecule has 0 aromatic carbocycles. The van der Waals surface area contributed by atoms with Crippen LogP contribution in [0, 0.1) is 12.2 Å². The summed E-state index contributed by atoms with van der Waals surface area (Å²) in [6, 6.07) is 0. The van der Waals surface area contributed by atoms with Crippen LogP contribution in [0.25, 0.3) is 0 Å². The van der Waals surface area contributed by atoms with Gasteiger partial charge in [0.25, 0.3) is 0 Å². The fraction of sp³-hybridized carbons (Fsp3) is 0.556. The van der Waals surface area contributed by atoms with E-state index in [1.807, 2.05) is 0 Å². The third kappa shape index (κ3) is 9.22. The maximum Gasteiger partial charge on any atom is 2.00 e. The Morgan fingerprint density at radius 1 is 0.842 bits per heavy atom. The summed E-state index contributed by atoms with van der Waals surface area (Å²) < 4.78 is 0. The molecule has 104 valence electrons. The Morgan fingerprint density at radius 3 is 1.53 bits per heavy atom. The second-order valence-electron chi connectivity index (χ2n) is 4.82. The maximum atomic E-state index is 3.30. The molecule has 1 heteroatoms. The van der Waals surface area contributed by atoms with Crippen molar-refractivity contribution in [1.29, 1.82) is 0 Å². The van der Waals surface area contributed by atoms with E-state index in [1.54, 1.807) is 0 Å². The first-order valence-corrected chi connectivity index (χ1v) is 7.39. The molecule has 0 aromatic rings. The average Bonchev–Trinajstić information content (AvgIpc) is 3.07. The van der Waals surface area contributed by atoms with Crippen molar-refractivity contribution in [2.75, 3.05) is 0 Å². The summed E-state index contributed by atoms with van der Waals surface area (Å²) in [5.41, 5.74) is 2.83. The molecular weight excluding hydrogens is 400 g/mol. The molecule has 0 amide bonds. The molecule has 0 atom stereocenters. The van der Waals surface area contributed by atoms with E-state index in [9.17, 15) is 0 Å². The van der Waals surface area contributed by atoms with Crippen LogP contribution in [0.15, 0.2) is 35.5 Å². The van der Waals surface area contributed by atoms with Gasteiger partial charge in [0.15, 0.2) is 0 Å². The van der Waals surface area contributed by atoms with Crippen molar-refractivity contribution in [1.82, 2.24) is 0 Å². The van der Waals surface area contributed by atoms with Gasteiger partial charge in [0.2, 0.25) is 0 Å². The molecule has 0 N–H and O–H groups in total. The van der Waals surface area contributed by atoms with Crippen LogP contribution >= 0.6 is 0 Å². The van der Waals surface area contributed by atoms with E-state index in [-0.39, 0.29) is 21.1 Å². The topological polar surface area (TPSA) is 0 Å². The van der Waals surface area contributed by atoms with Crippen LogP contribution in [0.5, 0.6) is 0 Å². The smallest absolute Gasteiger partial charge is 0.269 e. The van der Waals surface area contributed by atoms with Crippen LogP contribution in [0.2, 0.25) is 0 Å². The Hall–Kier alpha value is -0.352. The first-order chi connectivity index (χ1) is 8.86. The quantitative estimate of drug-likeness (QED) is 0.476. The van der Waals surface area contributed by atoms with E-state index >= 15 is 0 Å². The fourth-order valence-electron chi connectivity index (χ4n) is 1.98.